The van der Waals surface area contributed by atoms with Gasteiger partial charge in [0.15, 0.2) is 0 Å². The number of hydrogen-bond acceptors (Lipinski definition) is 2. The number of aromatic nitrogens is 1. The highest BCUT2D eigenvalue weighted by molar-refractivity contribution is 7.80. The van der Waals surface area contributed by atoms with Crippen LogP contribution in [-0.4, -0.2) is 28.0 Å². The molecule has 2 atom stereocenters. The third kappa shape index (κ3) is 1.44. The fourth-order valence-electron chi connectivity index (χ4n) is 2.93. The number of piperidine rings is 1. The van der Waals surface area contributed by atoms with Crippen molar-refractivity contribution in [2.45, 2.75) is 18.9 Å². The first-order valence-electron chi connectivity index (χ1n) is 5.61. The number of nitrogens with zero attached hydrogens (tertiary/aromatic N) is 2. The van der Waals surface area contributed by atoms with Crippen LogP contribution in [0.4, 0.5) is 0 Å². The SMILES string of the molecule is CN1C[C@H]2C[C@H](Cn3c2cccc3=S)C1=S. The number of likely N-dealkylation sites (N-methyl/N-ethyl adjacent to an activating group) is 1. The number of thiocarbonyl (C=S) groups is 1. The highest BCUT2D eigenvalue weighted by atomic mass is 32.1. The van der Waals surface area contributed by atoms with Gasteiger partial charge in [0.2, 0.25) is 0 Å². The lowest BCUT2D eigenvalue weighted by atomic mass is 9.83. The van der Waals surface area contributed by atoms with Gasteiger partial charge in [-0.3, -0.25) is 0 Å². The summed E-state index contributed by atoms with van der Waals surface area (Å²) >= 11 is 10.9. The molecule has 2 aliphatic heterocycles. The lowest BCUT2D eigenvalue weighted by Gasteiger charge is -2.42. The van der Waals surface area contributed by atoms with Crippen molar-refractivity contribution in [2.75, 3.05) is 13.6 Å². The van der Waals surface area contributed by atoms with Gasteiger partial charge in [0.05, 0.1) is 4.99 Å². The predicted molar refractivity (Wildman–Crippen MR) is 71.3 cm³/mol. The molecule has 84 valence electrons. The molecule has 0 radical (unpaired) electrons. The van der Waals surface area contributed by atoms with Crippen LogP contribution in [0, 0.1) is 10.6 Å². The van der Waals surface area contributed by atoms with E-state index in [1.54, 1.807) is 0 Å². The summed E-state index contributed by atoms with van der Waals surface area (Å²) in [6.45, 7) is 2.00. The molecule has 0 saturated carbocycles. The Morgan fingerprint density at radius 1 is 1.19 bits per heavy atom. The predicted octanol–water partition coefficient (Wildman–Crippen LogP) is 2.59. The van der Waals surface area contributed by atoms with Crippen molar-refractivity contribution in [3.05, 3.63) is 28.5 Å². The average molecular weight is 250 g/mol. The van der Waals surface area contributed by atoms with Gasteiger partial charge in [-0.25, -0.2) is 0 Å². The zero-order valence-electron chi connectivity index (χ0n) is 9.22. The van der Waals surface area contributed by atoms with E-state index in [-0.39, 0.29) is 0 Å². The second-order valence-electron chi connectivity index (χ2n) is 4.75. The van der Waals surface area contributed by atoms with Crippen LogP contribution in [0.1, 0.15) is 18.0 Å². The second kappa shape index (κ2) is 3.64. The number of fused-ring (bicyclic) bond motifs is 4. The Morgan fingerprint density at radius 3 is 2.81 bits per heavy atom. The maximum Gasteiger partial charge on any atom is 0.106 e. The minimum Gasteiger partial charge on any atom is -0.368 e. The van der Waals surface area contributed by atoms with E-state index in [0.717, 1.165) is 22.7 Å². The number of hydrogen-bond donors (Lipinski definition) is 0. The monoisotopic (exact) mass is 250 g/mol. The van der Waals surface area contributed by atoms with Crippen LogP contribution in [-0.2, 0) is 6.54 Å². The molecular weight excluding hydrogens is 236 g/mol. The van der Waals surface area contributed by atoms with E-state index in [1.807, 2.05) is 6.07 Å². The molecule has 2 nitrogen and oxygen atoms in total. The molecule has 0 amide bonds. The Bertz CT molecular complexity index is 506. The lowest BCUT2D eigenvalue weighted by Crippen LogP contribution is -2.46. The topological polar surface area (TPSA) is 8.17 Å². The van der Waals surface area contributed by atoms with Crippen molar-refractivity contribution >= 4 is 29.4 Å². The molecule has 2 aliphatic rings. The second-order valence-corrected chi connectivity index (χ2v) is 5.58. The van der Waals surface area contributed by atoms with Crippen LogP contribution in [0.3, 0.4) is 0 Å². The molecule has 1 aromatic rings. The molecule has 0 aromatic carbocycles. The maximum atomic E-state index is 5.49. The zero-order valence-corrected chi connectivity index (χ0v) is 10.9. The molecule has 0 spiro atoms. The summed E-state index contributed by atoms with van der Waals surface area (Å²) in [5, 5.41) is 0. The first-order valence-corrected chi connectivity index (χ1v) is 6.43. The van der Waals surface area contributed by atoms with E-state index < -0.39 is 0 Å². The average Bonchev–Trinajstić information content (AvgIpc) is 2.27. The third-order valence-electron chi connectivity index (χ3n) is 3.69. The molecule has 3 rings (SSSR count). The quantitative estimate of drug-likeness (QED) is 0.655. The molecule has 4 heteroatoms. The van der Waals surface area contributed by atoms with E-state index in [1.165, 1.54) is 12.1 Å². The molecule has 1 saturated heterocycles. The maximum absolute atomic E-state index is 5.49. The van der Waals surface area contributed by atoms with Gasteiger partial charge in [0.1, 0.15) is 4.64 Å². The van der Waals surface area contributed by atoms with E-state index in [2.05, 4.69) is 28.6 Å². The number of rotatable bonds is 0. The highest BCUT2D eigenvalue weighted by Crippen LogP contribution is 2.36. The van der Waals surface area contributed by atoms with Gasteiger partial charge in [-0.1, -0.05) is 30.5 Å². The first-order chi connectivity index (χ1) is 7.66. The van der Waals surface area contributed by atoms with E-state index in [4.69, 9.17) is 24.4 Å². The van der Waals surface area contributed by atoms with Crippen LogP contribution in [0.5, 0.6) is 0 Å². The van der Waals surface area contributed by atoms with Gasteiger partial charge in [0.25, 0.3) is 0 Å². The standard InChI is InChI=1S/C12H14N2S2/c1-13-6-8-5-9(12(13)16)7-14-10(8)3-2-4-11(14)15/h2-4,8-9H,5-7H2,1H3/t8-,9-/m1/s1. The van der Waals surface area contributed by atoms with Crippen LogP contribution >= 0.6 is 24.4 Å². The van der Waals surface area contributed by atoms with E-state index in [0.29, 0.717) is 11.8 Å². The largest absolute Gasteiger partial charge is 0.368 e. The van der Waals surface area contributed by atoms with Crippen molar-refractivity contribution in [3.63, 3.8) is 0 Å². The van der Waals surface area contributed by atoms with Crippen LogP contribution < -0.4 is 0 Å². The summed E-state index contributed by atoms with van der Waals surface area (Å²) in [4.78, 5) is 3.33. The fraction of sp³-hybridized carbons (Fsp3) is 0.500. The number of likely N-dealkylation sites (tertiary alicyclic amines) is 1. The molecule has 0 aliphatic carbocycles. The molecule has 0 N–H and O–H groups in total. The molecule has 16 heavy (non-hydrogen) atoms. The van der Waals surface area contributed by atoms with Gasteiger partial charge >= 0.3 is 0 Å². The molecule has 1 aromatic heterocycles. The Morgan fingerprint density at radius 2 is 2.00 bits per heavy atom. The van der Waals surface area contributed by atoms with E-state index in [9.17, 15) is 0 Å². The summed E-state index contributed by atoms with van der Waals surface area (Å²) in [6, 6.07) is 6.28. The molecular formula is C12H14N2S2. The molecule has 1 fully saturated rings. The Labute approximate surface area is 106 Å². The Balaban J connectivity index is 2.12. The zero-order chi connectivity index (χ0) is 11.3. The van der Waals surface area contributed by atoms with Crippen LogP contribution in [0.2, 0.25) is 0 Å². The Kier molecular flexibility index (Phi) is 2.37. The van der Waals surface area contributed by atoms with Crippen molar-refractivity contribution in [2.24, 2.45) is 5.92 Å². The highest BCUT2D eigenvalue weighted by Gasteiger charge is 2.35. The molecule has 2 bridgehead atoms. The molecule has 0 unspecified atom stereocenters. The van der Waals surface area contributed by atoms with Crippen LogP contribution in [0.15, 0.2) is 18.2 Å². The van der Waals surface area contributed by atoms with Gasteiger partial charge in [-0.2, -0.15) is 0 Å². The number of pyridine rings is 1. The van der Waals surface area contributed by atoms with Crippen molar-refractivity contribution < 1.29 is 0 Å². The molecule has 3 heterocycles. The van der Waals surface area contributed by atoms with Gasteiger partial charge < -0.3 is 9.47 Å². The normalized spacial score (nSPS) is 27.8. The van der Waals surface area contributed by atoms with Gasteiger partial charge in [-0.15, -0.1) is 0 Å². The van der Waals surface area contributed by atoms with E-state index >= 15 is 0 Å². The van der Waals surface area contributed by atoms with Crippen molar-refractivity contribution in [3.8, 4) is 0 Å². The van der Waals surface area contributed by atoms with Gasteiger partial charge in [0, 0.05) is 37.7 Å². The summed E-state index contributed by atoms with van der Waals surface area (Å²) in [5.74, 6) is 1.10. The summed E-state index contributed by atoms with van der Waals surface area (Å²) < 4.78 is 3.22. The smallest absolute Gasteiger partial charge is 0.106 e. The van der Waals surface area contributed by atoms with Crippen LogP contribution in [0.25, 0.3) is 0 Å². The minimum absolute atomic E-state index is 0.500. The third-order valence-corrected chi connectivity index (χ3v) is 4.69. The summed E-state index contributed by atoms with van der Waals surface area (Å²) in [7, 11) is 2.11. The minimum atomic E-state index is 0.500. The fourth-order valence-corrected chi connectivity index (χ4v) is 3.43. The lowest BCUT2D eigenvalue weighted by molar-refractivity contribution is 0.281. The van der Waals surface area contributed by atoms with Gasteiger partial charge in [-0.05, 0) is 18.6 Å². The summed E-state index contributed by atoms with van der Waals surface area (Å²) in [6.07, 6.45) is 1.20. The van der Waals surface area contributed by atoms with Crippen molar-refractivity contribution in [1.82, 2.24) is 9.47 Å². The van der Waals surface area contributed by atoms with Crippen molar-refractivity contribution in [1.29, 1.82) is 0 Å². The Hall–Kier alpha value is -0.740. The first kappa shape index (κ1) is 10.4. The summed E-state index contributed by atoms with van der Waals surface area (Å²) in [5.41, 5.74) is 1.39.